The lowest BCUT2D eigenvalue weighted by molar-refractivity contribution is 0.287. The van der Waals surface area contributed by atoms with E-state index in [9.17, 15) is 8.42 Å². The standard InChI is InChI=1S/C22H25NO5S/c1-4-27-21-11-6-16(12-22(21)28-5-2)15-23-29(24,25)20-10-8-17-13-19(26-3)9-7-18(17)14-20/h6-14,23H,4-5,15H2,1-3H3. The van der Waals surface area contributed by atoms with Crippen molar-refractivity contribution < 1.29 is 22.6 Å². The minimum absolute atomic E-state index is 0.148. The SMILES string of the molecule is CCOc1ccc(CNS(=O)(=O)c2ccc3cc(OC)ccc3c2)cc1OCC. The molecule has 154 valence electrons. The molecule has 0 heterocycles. The highest BCUT2D eigenvalue weighted by Gasteiger charge is 2.15. The van der Waals surface area contributed by atoms with E-state index in [0.29, 0.717) is 24.7 Å². The first-order valence-corrected chi connectivity index (χ1v) is 10.9. The Morgan fingerprint density at radius 1 is 0.828 bits per heavy atom. The van der Waals surface area contributed by atoms with Crippen LogP contribution in [0.2, 0.25) is 0 Å². The molecular formula is C22H25NO5S. The summed E-state index contributed by atoms with van der Waals surface area (Å²) in [4.78, 5) is 0.214. The summed E-state index contributed by atoms with van der Waals surface area (Å²) < 4.78 is 44.5. The number of ether oxygens (including phenoxy) is 3. The second kappa shape index (κ2) is 9.15. The normalized spacial score (nSPS) is 11.4. The van der Waals surface area contributed by atoms with Crippen LogP contribution in [-0.4, -0.2) is 28.7 Å². The lowest BCUT2D eigenvalue weighted by Crippen LogP contribution is -2.23. The van der Waals surface area contributed by atoms with Gasteiger partial charge in [0.05, 0.1) is 25.2 Å². The van der Waals surface area contributed by atoms with Crippen LogP contribution < -0.4 is 18.9 Å². The number of sulfonamides is 1. The number of hydrogen-bond donors (Lipinski definition) is 1. The Morgan fingerprint density at radius 2 is 1.52 bits per heavy atom. The molecule has 0 amide bonds. The molecule has 0 unspecified atom stereocenters. The quantitative estimate of drug-likeness (QED) is 0.569. The smallest absolute Gasteiger partial charge is 0.240 e. The summed E-state index contributed by atoms with van der Waals surface area (Å²) in [5.74, 6) is 1.98. The molecule has 0 radical (unpaired) electrons. The van der Waals surface area contributed by atoms with E-state index in [2.05, 4.69) is 4.72 Å². The first-order valence-electron chi connectivity index (χ1n) is 9.42. The van der Waals surface area contributed by atoms with Crippen molar-refractivity contribution in [1.82, 2.24) is 4.72 Å². The van der Waals surface area contributed by atoms with E-state index in [1.165, 1.54) is 0 Å². The minimum Gasteiger partial charge on any atom is -0.497 e. The Morgan fingerprint density at radius 3 is 2.24 bits per heavy atom. The Hall–Kier alpha value is -2.77. The molecule has 29 heavy (non-hydrogen) atoms. The summed E-state index contributed by atoms with van der Waals surface area (Å²) in [6.07, 6.45) is 0. The highest BCUT2D eigenvalue weighted by Crippen LogP contribution is 2.29. The van der Waals surface area contributed by atoms with E-state index < -0.39 is 10.0 Å². The van der Waals surface area contributed by atoms with Crippen LogP contribution in [0.4, 0.5) is 0 Å². The van der Waals surface area contributed by atoms with Crippen molar-refractivity contribution >= 4 is 20.8 Å². The molecule has 0 saturated carbocycles. The number of nitrogens with one attached hydrogen (secondary N) is 1. The van der Waals surface area contributed by atoms with Gasteiger partial charge in [0.1, 0.15) is 5.75 Å². The summed E-state index contributed by atoms with van der Waals surface area (Å²) in [6.45, 7) is 4.96. The molecule has 0 aliphatic rings. The van der Waals surface area contributed by atoms with Gasteiger partial charge in [0.2, 0.25) is 10.0 Å². The number of methoxy groups -OCH3 is 1. The van der Waals surface area contributed by atoms with Crippen molar-refractivity contribution in [2.45, 2.75) is 25.3 Å². The van der Waals surface area contributed by atoms with Crippen LogP contribution in [-0.2, 0) is 16.6 Å². The monoisotopic (exact) mass is 415 g/mol. The Balaban J connectivity index is 1.79. The molecule has 3 aromatic carbocycles. The average molecular weight is 416 g/mol. The van der Waals surface area contributed by atoms with Crippen LogP contribution in [0.1, 0.15) is 19.4 Å². The van der Waals surface area contributed by atoms with Crippen LogP contribution in [0.3, 0.4) is 0 Å². The van der Waals surface area contributed by atoms with E-state index in [1.54, 1.807) is 43.5 Å². The van der Waals surface area contributed by atoms with Gasteiger partial charge in [-0.2, -0.15) is 0 Å². The summed E-state index contributed by atoms with van der Waals surface area (Å²) in [5.41, 5.74) is 0.783. The van der Waals surface area contributed by atoms with E-state index in [4.69, 9.17) is 14.2 Å². The molecule has 0 spiro atoms. The lowest BCUT2D eigenvalue weighted by atomic mass is 10.1. The van der Waals surface area contributed by atoms with Gasteiger partial charge in [-0.25, -0.2) is 13.1 Å². The number of hydrogen-bond acceptors (Lipinski definition) is 5. The van der Waals surface area contributed by atoms with Gasteiger partial charge in [0, 0.05) is 6.54 Å². The van der Waals surface area contributed by atoms with Gasteiger partial charge in [0.25, 0.3) is 0 Å². The van der Waals surface area contributed by atoms with Gasteiger partial charge >= 0.3 is 0 Å². The number of fused-ring (bicyclic) bond motifs is 1. The average Bonchev–Trinajstić information content (AvgIpc) is 2.73. The fourth-order valence-corrected chi connectivity index (χ4v) is 4.02. The summed E-state index contributed by atoms with van der Waals surface area (Å²) in [7, 11) is -2.07. The maximum absolute atomic E-state index is 12.8. The third-order valence-corrected chi connectivity index (χ3v) is 5.80. The van der Waals surface area contributed by atoms with Crippen LogP contribution in [0.5, 0.6) is 17.2 Å². The van der Waals surface area contributed by atoms with E-state index in [0.717, 1.165) is 22.1 Å². The first kappa shape index (κ1) is 21.0. The van der Waals surface area contributed by atoms with Crippen LogP contribution in [0, 0.1) is 0 Å². The maximum Gasteiger partial charge on any atom is 0.240 e. The molecule has 3 rings (SSSR count). The molecule has 0 fully saturated rings. The van der Waals surface area contributed by atoms with Crippen molar-refractivity contribution in [2.24, 2.45) is 0 Å². The summed E-state index contributed by atoms with van der Waals surface area (Å²) in [6, 6.07) is 15.9. The molecule has 0 atom stereocenters. The first-order chi connectivity index (χ1) is 14.0. The zero-order chi connectivity index (χ0) is 20.9. The molecule has 0 saturated heterocycles. The molecule has 0 aliphatic carbocycles. The van der Waals surface area contributed by atoms with Crippen LogP contribution in [0.25, 0.3) is 10.8 Å². The molecule has 0 aliphatic heterocycles. The fraction of sp³-hybridized carbons (Fsp3) is 0.273. The molecule has 6 nitrogen and oxygen atoms in total. The largest absolute Gasteiger partial charge is 0.497 e. The number of rotatable bonds is 9. The molecular weight excluding hydrogens is 390 g/mol. The van der Waals surface area contributed by atoms with Crippen molar-refractivity contribution in [3.8, 4) is 17.2 Å². The third-order valence-electron chi connectivity index (χ3n) is 4.40. The molecule has 0 aromatic heterocycles. The van der Waals surface area contributed by atoms with E-state index in [1.807, 2.05) is 32.0 Å². The fourth-order valence-electron chi connectivity index (χ4n) is 2.96. The summed E-state index contributed by atoms with van der Waals surface area (Å²) in [5, 5.41) is 1.74. The van der Waals surface area contributed by atoms with Gasteiger partial charge in [0.15, 0.2) is 11.5 Å². The maximum atomic E-state index is 12.8. The third kappa shape index (κ3) is 4.99. The van der Waals surface area contributed by atoms with Gasteiger partial charge in [-0.05, 0) is 66.6 Å². The molecule has 7 heteroatoms. The zero-order valence-corrected chi connectivity index (χ0v) is 17.6. The predicted molar refractivity (Wildman–Crippen MR) is 113 cm³/mol. The van der Waals surface area contributed by atoms with Gasteiger partial charge in [-0.3, -0.25) is 0 Å². The highest BCUT2D eigenvalue weighted by molar-refractivity contribution is 7.89. The van der Waals surface area contributed by atoms with Crippen molar-refractivity contribution in [3.05, 3.63) is 60.2 Å². The topological polar surface area (TPSA) is 73.9 Å². The summed E-state index contributed by atoms with van der Waals surface area (Å²) >= 11 is 0. The Bertz CT molecular complexity index is 1100. The van der Waals surface area contributed by atoms with Crippen molar-refractivity contribution in [2.75, 3.05) is 20.3 Å². The van der Waals surface area contributed by atoms with Gasteiger partial charge < -0.3 is 14.2 Å². The van der Waals surface area contributed by atoms with Crippen LogP contribution >= 0.6 is 0 Å². The van der Waals surface area contributed by atoms with Crippen LogP contribution in [0.15, 0.2) is 59.5 Å². The van der Waals surface area contributed by atoms with Gasteiger partial charge in [-0.15, -0.1) is 0 Å². The Labute approximate surface area is 171 Å². The predicted octanol–water partition coefficient (Wildman–Crippen LogP) is 4.12. The second-order valence-corrected chi connectivity index (χ2v) is 8.11. The number of benzene rings is 3. The van der Waals surface area contributed by atoms with E-state index in [-0.39, 0.29) is 11.4 Å². The molecule has 3 aromatic rings. The Kier molecular flexibility index (Phi) is 6.61. The van der Waals surface area contributed by atoms with E-state index >= 15 is 0 Å². The van der Waals surface area contributed by atoms with Gasteiger partial charge in [-0.1, -0.05) is 18.2 Å². The van der Waals surface area contributed by atoms with Crippen molar-refractivity contribution in [1.29, 1.82) is 0 Å². The highest BCUT2D eigenvalue weighted by atomic mass is 32.2. The minimum atomic E-state index is -3.66. The molecule has 1 N–H and O–H groups in total. The zero-order valence-electron chi connectivity index (χ0n) is 16.8. The van der Waals surface area contributed by atoms with Crippen molar-refractivity contribution in [3.63, 3.8) is 0 Å². The lowest BCUT2D eigenvalue weighted by Gasteiger charge is -2.13. The molecule has 0 bridgehead atoms. The second-order valence-electron chi connectivity index (χ2n) is 6.35.